The predicted molar refractivity (Wildman–Crippen MR) is 85.1 cm³/mol. The highest BCUT2D eigenvalue weighted by Crippen LogP contribution is 2.27. The zero-order valence-electron chi connectivity index (χ0n) is 10.9. The smallest absolute Gasteiger partial charge is 0.221 e. The van der Waals surface area contributed by atoms with Crippen molar-refractivity contribution in [2.45, 2.75) is 6.92 Å². The zero-order valence-corrected chi connectivity index (χ0v) is 12.5. The standard InChI is InChI=1S/C16H13BrN2O/c1-10-9-19-16(8-15(10)18)20-14-5-3-11-6-13(17)4-2-12(11)7-14/h2-9H,1H3,(H2,18,19). The van der Waals surface area contributed by atoms with Crippen molar-refractivity contribution in [1.29, 1.82) is 0 Å². The van der Waals surface area contributed by atoms with Gasteiger partial charge < -0.3 is 10.5 Å². The van der Waals surface area contributed by atoms with Crippen LogP contribution in [0.1, 0.15) is 5.56 Å². The first-order valence-electron chi connectivity index (χ1n) is 6.21. The number of nitrogens with two attached hydrogens (primary N) is 1. The first-order chi connectivity index (χ1) is 9.61. The number of rotatable bonds is 2. The largest absolute Gasteiger partial charge is 0.439 e. The number of anilines is 1. The highest BCUT2D eigenvalue weighted by Gasteiger charge is 2.03. The average Bonchev–Trinajstić information content (AvgIpc) is 2.43. The molecule has 3 aromatic rings. The van der Waals surface area contributed by atoms with Crippen molar-refractivity contribution in [3.63, 3.8) is 0 Å². The zero-order chi connectivity index (χ0) is 14.1. The lowest BCUT2D eigenvalue weighted by molar-refractivity contribution is 0.464. The second kappa shape index (κ2) is 5.13. The van der Waals surface area contributed by atoms with E-state index in [1.54, 1.807) is 12.3 Å². The third kappa shape index (κ3) is 2.60. The minimum absolute atomic E-state index is 0.504. The van der Waals surface area contributed by atoms with Gasteiger partial charge in [-0.25, -0.2) is 4.98 Å². The summed E-state index contributed by atoms with van der Waals surface area (Å²) in [6, 6.07) is 13.8. The first kappa shape index (κ1) is 12.9. The van der Waals surface area contributed by atoms with Crippen molar-refractivity contribution in [1.82, 2.24) is 4.98 Å². The molecule has 0 aliphatic rings. The molecule has 0 amide bonds. The molecule has 0 bridgehead atoms. The lowest BCUT2D eigenvalue weighted by Crippen LogP contribution is -1.94. The van der Waals surface area contributed by atoms with Crippen LogP contribution in [0.5, 0.6) is 11.6 Å². The van der Waals surface area contributed by atoms with Crippen molar-refractivity contribution >= 4 is 32.4 Å². The van der Waals surface area contributed by atoms with Gasteiger partial charge in [-0.1, -0.05) is 28.1 Å². The second-order valence-corrected chi connectivity index (χ2v) is 5.55. The fourth-order valence-electron chi connectivity index (χ4n) is 1.95. The first-order valence-corrected chi connectivity index (χ1v) is 7.00. The molecule has 1 aromatic heterocycles. The summed E-state index contributed by atoms with van der Waals surface area (Å²) in [6.07, 6.45) is 1.71. The van der Waals surface area contributed by atoms with E-state index in [-0.39, 0.29) is 0 Å². The van der Waals surface area contributed by atoms with E-state index < -0.39 is 0 Å². The molecule has 20 heavy (non-hydrogen) atoms. The highest BCUT2D eigenvalue weighted by molar-refractivity contribution is 9.10. The number of pyridine rings is 1. The van der Waals surface area contributed by atoms with Gasteiger partial charge in [-0.15, -0.1) is 0 Å². The number of aromatic nitrogens is 1. The van der Waals surface area contributed by atoms with Crippen LogP contribution in [0.25, 0.3) is 10.8 Å². The Labute approximate surface area is 125 Å². The Hall–Kier alpha value is -2.07. The van der Waals surface area contributed by atoms with Gasteiger partial charge in [-0.05, 0) is 47.5 Å². The van der Waals surface area contributed by atoms with Crippen LogP contribution < -0.4 is 10.5 Å². The minimum atomic E-state index is 0.504. The van der Waals surface area contributed by atoms with E-state index in [2.05, 4.69) is 27.0 Å². The van der Waals surface area contributed by atoms with Crippen LogP contribution in [0.3, 0.4) is 0 Å². The maximum atomic E-state index is 5.86. The van der Waals surface area contributed by atoms with Gasteiger partial charge in [-0.3, -0.25) is 0 Å². The molecule has 0 saturated carbocycles. The number of ether oxygens (including phenoxy) is 1. The topological polar surface area (TPSA) is 48.1 Å². The molecule has 0 aliphatic carbocycles. The number of hydrogen-bond acceptors (Lipinski definition) is 3. The van der Waals surface area contributed by atoms with Crippen molar-refractivity contribution in [2.75, 3.05) is 5.73 Å². The fourth-order valence-corrected chi connectivity index (χ4v) is 2.33. The van der Waals surface area contributed by atoms with Crippen molar-refractivity contribution in [3.8, 4) is 11.6 Å². The van der Waals surface area contributed by atoms with Crippen LogP contribution in [0, 0.1) is 6.92 Å². The lowest BCUT2D eigenvalue weighted by Gasteiger charge is -2.08. The number of hydrogen-bond donors (Lipinski definition) is 1. The van der Waals surface area contributed by atoms with E-state index in [1.165, 1.54) is 0 Å². The van der Waals surface area contributed by atoms with E-state index in [1.807, 2.05) is 37.3 Å². The van der Waals surface area contributed by atoms with Crippen LogP contribution in [-0.4, -0.2) is 4.98 Å². The third-order valence-corrected chi connectivity index (χ3v) is 3.61. The molecule has 2 aromatic carbocycles. The normalized spacial score (nSPS) is 10.7. The van der Waals surface area contributed by atoms with Gasteiger partial charge in [0.15, 0.2) is 0 Å². The van der Waals surface area contributed by atoms with Crippen LogP contribution in [0.4, 0.5) is 5.69 Å². The molecule has 0 radical (unpaired) electrons. The monoisotopic (exact) mass is 328 g/mol. The second-order valence-electron chi connectivity index (χ2n) is 4.63. The summed E-state index contributed by atoms with van der Waals surface area (Å²) in [7, 11) is 0. The van der Waals surface area contributed by atoms with Gasteiger partial charge in [0.05, 0.1) is 0 Å². The van der Waals surface area contributed by atoms with Gasteiger partial charge in [0, 0.05) is 22.4 Å². The van der Waals surface area contributed by atoms with E-state index in [0.717, 1.165) is 26.6 Å². The molecule has 0 saturated heterocycles. The summed E-state index contributed by atoms with van der Waals surface area (Å²) in [5.41, 5.74) is 7.48. The van der Waals surface area contributed by atoms with Crippen LogP contribution >= 0.6 is 15.9 Å². The van der Waals surface area contributed by atoms with E-state index >= 15 is 0 Å². The van der Waals surface area contributed by atoms with Gasteiger partial charge in [0.2, 0.25) is 5.88 Å². The molecule has 4 heteroatoms. The lowest BCUT2D eigenvalue weighted by atomic mass is 10.1. The molecule has 0 atom stereocenters. The Kier molecular flexibility index (Phi) is 3.32. The van der Waals surface area contributed by atoms with Crippen LogP contribution in [-0.2, 0) is 0 Å². The molecule has 0 fully saturated rings. The number of fused-ring (bicyclic) bond motifs is 1. The van der Waals surface area contributed by atoms with Gasteiger partial charge >= 0.3 is 0 Å². The molecule has 2 N–H and O–H groups in total. The summed E-state index contributed by atoms with van der Waals surface area (Å²) < 4.78 is 6.81. The molecule has 0 aliphatic heterocycles. The molecule has 3 nitrogen and oxygen atoms in total. The Morgan fingerprint density at radius 2 is 1.80 bits per heavy atom. The summed E-state index contributed by atoms with van der Waals surface area (Å²) in [4.78, 5) is 4.22. The maximum absolute atomic E-state index is 5.86. The van der Waals surface area contributed by atoms with E-state index in [4.69, 9.17) is 10.5 Å². The van der Waals surface area contributed by atoms with E-state index in [9.17, 15) is 0 Å². The van der Waals surface area contributed by atoms with Crippen LogP contribution in [0.15, 0.2) is 53.1 Å². The Bertz CT molecular complexity index is 787. The van der Waals surface area contributed by atoms with Gasteiger partial charge in [0.25, 0.3) is 0 Å². The summed E-state index contributed by atoms with van der Waals surface area (Å²) in [5.74, 6) is 1.25. The Balaban J connectivity index is 1.94. The van der Waals surface area contributed by atoms with E-state index in [0.29, 0.717) is 11.6 Å². The third-order valence-electron chi connectivity index (χ3n) is 3.12. The molecular weight excluding hydrogens is 316 g/mol. The minimum Gasteiger partial charge on any atom is -0.439 e. The molecule has 3 rings (SSSR count). The molecule has 0 spiro atoms. The van der Waals surface area contributed by atoms with Crippen LogP contribution in [0.2, 0.25) is 0 Å². The number of benzene rings is 2. The fraction of sp³-hybridized carbons (Fsp3) is 0.0625. The number of aryl methyl sites for hydroxylation is 1. The predicted octanol–water partition coefficient (Wildman–Crippen LogP) is 4.68. The summed E-state index contributed by atoms with van der Waals surface area (Å²) in [6.45, 7) is 1.92. The summed E-state index contributed by atoms with van der Waals surface area (Å²) >= 11 is 3.46. The van der Waals surface area contributed by atoms with Gasteiger partial charge in [0.1, 0.15) is 5.75 Å². The number of halogens is 1. The number of nitrogens with zero attached hydrogens (tertiary/aromatic N) is 1. The van der Waals surface area contributed by atoms with Crippen molar-refractivity contribution < 1.29 is 4.74 Å². The highest BCUT2D eigenvalue weighted by atomic mass is 79.9. The summed E-state index contributed by atoms with van der Waals surface area (Å²) in [5, 5.41) is 2.27. The Morgan fingerprint density at radius 3 is 2.60 bits per heavy atom. The molecular formula is C16H13BrN2O. The molecule has 1 heterocycles. The average molecular weight is 329 g/mol. The number of nitrogen functional groups attached to an aromatic ring is 1. The quantitative estimate of drug-likeness (QED) is 0.742. The SMILES string of the molecule is Cc1cnc(Oc2ccc3cc(Br)ccc3c2)cc1N. The molecule has 100 valence electrons. The Morgan fingerprint density at radius 1 is 1.05 bits per heavy atom. The van der Waals surface area contributed by atoms with Gasteiger partial charge in [-0.2, -0.15) is 0 Å². The maximum Gasteiger partial charge on any atom is 0.221 e. The molecule has 0 unspecified atom stereocenters. The van der Waals surface area contributed by atoms with Crippen molar-refractivity contribution in [2.24, 2.45) is 0 Å². The van der Waals surface area contributed by atoms with Crippen molar-refractivity contribution in [3.05, 3.63) is 58.7 Å².